The molecule has 0 radical (unpaired) electrons. The number of allylic oxidation sites excluding steroid dienone is 1. The van der Waals surface area contributed by atoms with E-state index in [1.54, 1.807) is 0 Å². The van der Waals surface area contributed by atoms with E-state index in [1.807, 2.05) is 0 Å². The van der Waals surface area contributed by atoms with E-state index in [0.29, 0.717) is 0 Å². The van der Waals surface area contributed by atoms with Crippen LogP contribution in [0.3, 0.4) is 0 Å². The van der Waals surface area contributed by atoms with Crippen molar-refractivity contribution in [2.75, 3.05) is 0 Å². The lowest BCUT2D eigenvalue weighted by Gasteiger charge is -2.19. The molecule has 0 heterocycles. The van der Waals surface area contributed by atoms with Crippen LogP contribution >= 0.6 is 6.04 Å². The average Bonchev–Trinajstić information content (AvgIpc) is 3.10. The molecule has 1 fully saturated rings. The topological polar surface area (TPSA) is 0 Å². The summed E-state index contributed by atoms with van der Waals surface area (Å²) in [7, 11) is 0. The van der Waals surface area contributed by atoms with E-state index in [2.05, 4.69) is 72.6 Å². The zero-order valence-corrected chi connectivity index (χ0v) is 14.6. The van der Waals surface area contributed by atoms with Gasteiger partial charge in [-0.1, -0.05) is 104 Å². The molecule has 0 nitrogen and oxygen atoms in total. The molecule has 1 aliphatic carbocycles. The van der Waals surface area contributed by atoms with Crippen molar-refractivity contribution in [2.45, 2.75) is 32.1 Å². The summed E-state index contributed by atoms with van der Waals surface area (Å²) in [6.07, 6.45) is 9.16. The lowest BCUT2D eigenvalue weighted by molar-refractivity contribution is 0.558. The van der Waals surface area contributed by atoms with Crippen LogP contribution in [0.1, 0.15) is 32.1 Å². The monoisotopic (exact) mass is 326 g/mol. The molecule has 0 aliphatic heterocycles. The molecule has 2 heteroatoms. The number of hydrogen-bond donors (Lipinski definition) is 0. The van der Waals surface area contributed by atoms with E-state index in [9.17, 15) is 0 Å². The molecule has 0 unspecified atom stereocenters. The highest BCUT2D eigenvalue weighted by atomic mass is 32.4. The minimum Gasteiger partial charge on any atom is -0.0832 e. The van der Waals surface area contributed by atoms with Crippen LogP contribution in [-0.2, 0) is 11.8 Å². The summed E-state index contributed by atoms with van der Waals surface area (Å²) in [6.45, 7) is 0. The lowest BCUT2D eigenvalue weighted by atomic mass is 10.1. The van der Waals surface area contributed by atoms with Crippen molar-refractivity contribution in [3.8, 4) is 0 Å². The molecule has 114 valence electrons. The van der Waals surface area contributed by atoms with Crippen LogP contribution < -0.4 is 10.6 Å². The number of hydrogen-bond acceptors (Lipinski definition) is 1. The van der Waals surface area contributed by atoms with Gasteiger partial charge >= 0.3 is 0 Å². The molecule has 2 aromatic rings. The zero-order valence-electron chi connectivity index (χ0n) is 12.9. The zero-order chi connectivity index (χ0) is 15.3. The van der Waals surface area contributed by atoms with E-state index in [-0.39, 0.29) is 0 Å². The second-order valence-corrected chi connectivity index (χ2v) is 10.5. The van der Waals surface area contributed by atoms with Crippen LogP contribution in [0.2, 0.25) is 0 Å². The fraction of sp³-hybridized carbons (Fsp3) is 0.300. The third-order valence-electron chi connectivity index (χ3n) is 4.54. The Morgan fingerprint density at radius 1 is 0.864 bits per heavy atom. The van der Waals surface area contributed by atoms with Gasteiger partial charge in [-0.05, 0) is 28.8 Å². The summed E-state index contributed by atoms with van der Waals surface area (Å²) in [5.41, 5.74) is 0. The lowest BCUT2D eigenvalue weighted by Crippen LogP contribution is -2.13. The highest BCUT2D eigenvalue weighted by Crippen LogP contribution is 2.45. The van der Waals surface area contributed by atoms with Gasteiger partial charge in [0.1, 0.15) is 0 Å². The van der Waals surface area contributed by atoms with E-state index in [1.165, 1.54) is 42.7 Å². The maximum Gasteiger partial charge on any atom is 0.0307 e. The third-order valence-corrected chi connectivity index (χ3v) is 8.93. The van der Waals surface area contributed by atoms with Crippen molar-refractivity contribution in [2.24, 2.45) is 5.92 Å². The summed E-state index contributed by atoms with van der Waals surface area (Å²) < 4.78 is 0. The fourth-order valence-electron chi connectivity index (χ4n) is 3.27. The van der Waals surface area contributed by atoms with Crippen molar-refractivity contribution in [3.05, 3.63) is 72.6 Å². The Balaban J connectivity index is 1.89. The average molecular weight is 326 g/mol. The van der Waals surface area contributed by atoms with Gasteiger partial charge in [0.2, 0.25) is 0 Å². The summed E-state index contributed by atoms with van der Waals surface area (Å²) in [4.78, 5) is 0. The predicted octanol–water partition coefficient (Wildman–Crippen LogP) is 5.21. The third kappa shape index (κ3) is 3.59. The molecule has 2 aromatic carbocycles. The summed E-state index contributed by atoms with van der Waals surface area (Å²) >= 11 is 6.20. The SMILES string of the molecule is S=P(/C=C/CC1CCCC1)(c1ccccc1)c1ccccc1. The van der Waals surface area contributed by atoms with Crippen LogP contribution in [0.25, 0.3) is 0 Å². The molecule has 0 saturated heterocycles. The molecule has 0 atom stereocenters. The molecule has 1 aliphatic rings. The maximum absolute atomic E-state index is 6.20. The Bertz CT molecular complexity index is 611. The second-order valence-electron chi connectivity index (χ2n) is 6.10. The fourth-order valence-corrected chi connectivity index (χ4v) is 6.55. The molecule has 22 heavy (non-hydrogen) atoms. The first-order valence-electron chi connectivity index (χ1n) is 8.18. The van der Waals surface area contributed by atoms with Gasteiger partial charge in [0, 0.05) is 6.04 Å². The van der Waals surface area contributed by atoms with Crippen molar-refractivity contribution < 1.29 is 0 Å². The Morgan fingerprint density at radius 3 is 1.86 bits per heavy atom. The van der Waals surface area contributed by atoms with Gasteiger partial charge < -0.3 is 0 Å². The molecule has 1 saturated carbocycles. The highest BCUT2D eigenvalue weighted by Gasteiger charge is 2.19. The molecule has 3 rings (SSSR count). The number of rotatable bonds is 5. The van der Waals surface area contributed by atoms with Gasteiger partial charge in [0.15, 0.2) is 0 Å². The minimum atomic E-state index is -1.83. The quantitative estimate of drug-likeness (QED) is 0.680. The standard InChI is InChI=1S/C20H23PS/c22-21(19-13-3-1-4-14-19,20-15-5-2-6-16-20)17-9-12-18-10-7-8-11-18/h1-6,9,13-18H,7-8,10-12H2/b17-9+. The van der Waals surface area contributed by atoms with Crippen molar-refractivity contribution in [3.63, 3.8) is 0 Å². The summed E-state index contributed by atoms with van der Waals surface area (Å²) in [5.74, 6) is 3.23. The van der Waals surface area contributed by atoms with Gasteiger partial charge in [-0.2, -0.15) is 0 Å². The number of benzene rings is 2. The van der Waals surface area contributed by atoms with Crippen LogP contribution in [0.5, 0.6) is 0 Å². The first-order valence-corrected chi connectivity index (χ1v) is 11.0. The molecule has 0 amide bonds. The Morgan fingerprint density at radius 2 is 1.36 bits per heavy atom. The largest absolute Gasteiger partial charge is 0.0832 e. The van der Waals surface area contributed by atoms with E-state index in [4.69, 9.17) is 11.8 Å². The van der Waals surface area contributed by atoms with E-state index < -0.39 is 6.04 Å². The van der Waals surface area contributed by atoms with Crippen LogP contribution in [-0.4, -0.2) is 0 Å². The highest BCUT2D eigenvalue weighted by molar-refractivity contribution is 8.23. The van der Waals surface area contributed by atoms with E-state index >= 15 is 0 Å². The van der Waals surface area contributed by atoms with E-state index in [0.717, 1.165) is 5.92 Å². The van der Waals surface area contributed by atoms with Crippen LogP contribution in [0, 0.1) is 5.92 Å². The molecule has 0 bridgehead atoms. The molecule has 0 spiro atoms. The van der Waals surface area contributed by atoms with Gasteiger partial charge in [-0.15, -0.1) is 0 Å². The van der Waals surface area contributed by atoms with Gasteiger partial charge in [0.05, 0.1) is 0 Å². The molecular formula is C20H23PS. The Kier molecular flexibility index (Phi) is 5.28. The van der Waals surface area contributed by atoms with Crippen molar-refractivity contribution in [1.29, 1.82) is 0 Å². The van der Waals surface area contributed by atoms with Gasteiger partial charge in [-0.3, -0.25) is 0 Å². The second kappa shape index (κ2) is 7.40. The predicted molar refractivity (Wildman–Crippen MR) is 102 cm³/mol. The minimum absolute atomic E-state index is 0.881. The van der Waals surface area contributed by atoms with Crippen molar-refractivity contribution >= 4 is 28.5 Å². The molecule has 0 N–H and O–H groups in total. The molecular weight excluding hydrogens is 303 g/mol. The van der Waals surface area contributed by atoms with Gasteiger partial charge in [-0.25, -0.2) is 0 Å². The Labute approximate surface area is 139 Å². The van der Waals surface area contributed by atoms with Crippen LogP contribution in [0.15, 0.2) is 72.6 Å². The normalized spacial score (nSPS) is 16.4. The Hall–Kier alpha value is -1.17. The summed E-state index contributed by atoms with van der Waals surface area (Å²) in [5, 5.41) is 2.58. The first-order chi connectivity index (χ1) is 10.8. The molecule has 0 aromatic heterocycles. The smallest absolute Gasteiger partial charge is 0.0307 e. The first kappa shape index (κ1) is 15.7. The van der Waals surface area contributed by atoms with Crippen LogP contribution in [0.4, 0.5) is 0 Å². The van der Waals surface area contributed by atoms with Gasteiger partial charge in [0.25, 0.3) is 0 Å². The summed E-state index contributed by atoms with van der Waals surface area (Å²) in [6, 6.07) is 19.5. The van der Waals surface area contributed by atoms with Crippen molar-refractivity contribution in [1.82, 2.24) is 0 Å². The maximum atomic E-state index is 6.20.